The maximum Gasteiger partial charge on any atom is 0.243 e. The summed E-state index contributed by atoms with van der Waals surface area (Å²) in [6, 6.07) is 15.2. The number of ether oxygens (including phenoxy) is 1. The first kappa shape index (κ1) is 19.7. The summed E-state index contributed by atoms with van der Waals surface area (Å²) < 4.78 is 34.7. The number of sulfonamides is 1. The van der Waals surface area contributed by atoms with Gasteiger partial charge in [0.2, 0.25) is 10.0 Å². The SMILES string of the molecule is COc1ccc(C23C=C(Br)CCC2CN(S(=O)(=O)c2ccc(C)cc2)C3)cc1. The van der Waals surface area contributed by atoms with Gasteiger partial charge in [0.15, 0.2) is 0 Å². The molecular formula is C22H24BrNO3S. The van der Waals surface area contributed by atoms with Gasteiger partial charge < -0.3 is 4.74 Å². The fraction of sp³-hybridized carbons (Fsp3) is 0.364. The Labute approximate surface area is 175 Å². The fourth-order valence-electron chi connectivity index (χ4n) is 4.42. The van der Waals surface area contributed by atoms with Gasteiger partial charge >= 0.3 is 0 Å². The van der Waals surface area contributed by atoms with Crippen molar-refractivity contribution in [1.29, 1.82) is 0 Å². The van der Waals surface area contributed by atoms with Crippen LogP contribution in [0.1, 0.15) is 24.0 Å². The zero-order chi connectivity index (χ0) is 19.9. The standard InChI is InChI=1S/C22H24BrNO3S/c1-16-3-11-21(12-4-16)28(25,26)24-14-18-5-8-19(23)13-22(18,15-24)17-6-9-20(27-2)10-7-17/h3-4,6-7,9-13,18H,5,8,14-15H2,1-2H3. The smallest absolute Gasteiger partial charge is 0.243 e. The van der Waals surface area contributed by atoms with Crippen molar-refractivity contribution in [3.05, 3.63) is 70.2 Å². The lowest BCUT2D eigenvalue weighted by Gasteiger charge is -2.36. The van der Waals surface area contributed by atoms with Gasteiger partial charge in [-0.05, 0) is 60.0 Å². The molecule has 1 fully saturated rings. The summed E-state index contributed by atoms with van der Waals surface area (Å²) in [5.74, 6) is 1.06. The quantitative estimate of drug-likeness (QED) is 0.666. The Bertz CT molecular complexity index is 999. The highest BCUT2D eigenvalue weighted by Crippen LogP contribution is 2.49. The molecule has 0 N–H and O–H groups in total. The van der Waals surface area contributed by atoms with E-state index in [1.54, 1.807) is 23.5 Å². The van der Waals surface area contributed by atoms with Crippen LogP contribution in [0.2, 0.25) is 0 Å². The van der Waals surface area contributed by atoms with Gasteiger partial charge in [-0.15, -0.1) is 0 Å². The highest BCUT2D eigenvalue weighted by Gasteiger charge is 2.51. The molecule has 28 heavy (non-hydrogen) atoms. The number of halogens is 1. The van der Waals surface area contributed by atoms with Gasteiger partial charge in [-0.3, -0.25) is 0 Å². The Morgan fingerprint density at radius 3 is 2.43 bits per heavy atom. The van der Waals surface area contributed by atoms with Gasteiger partial charge in [-0.2, -0.15) is 4.31 Å². The maximum atomic E-state index is 13.3. The summed E-state index contributed by atoms with van der Waals surface area (Å²) in [6.45, 7) is 2.95. The Kier molecular flexibility index (Phi) is 5.14. The zero-order valence-corrected chi connectivity index (χ0v) is 18.5. The van der Waals surface area contributed by atoms with E-state index in [0.717, 1.165) is 34.2 Å². The molecule has 2 aromatic carbocycles. The molecule has 0 amide bonds. The Hall–Kier alpha value is -1.63. The molecule has 2 atom stereocenters. The number of aryl methyl sites for hydroxylation is 1. The molecule has 0 radical (unpaired) electrons. The monoisotopic (exact) mass is 461 g/mol. The molecule has 1 saturated heterocycles. The van der Waals surface area contributed by atoms with Gasteiger partial charge in [0.05, 0.1) is 12.0 Å². The van der Waals surface area contributed by atoms with E-state index >= 15 is 0 Å². The van der Waals surface area contributed by atoms with Crippen LogP contribution in [0.4, 0.5) is 0 Å². The number of hydrogen-bond acceptors (Lipinski definition) is 3. The van der Waals surface area contributed by atoms with E-state index in [9.17, 15) is 8.42 Å². The van der Waals surface area contributed by atoms with Gasteiger partial charge in [0.25, 0.3) is 0 Å². The lowest BCUT2D eigenvalue weighted by molar-refractivity contribution is 0.375. The highest BCUT2D eigenvalue weighted by atomic mass is 79.9. The van der Waals surface area contributed by atoms with E-state index < -0.39 is 10.0 Å². The molecule has 1 aliphatic carbocycles. The third-order valence-corrected chi connectivity index (χ3v) is 8.47. The molecule has 6 heteroatoms. The van der Waals surface area contributed by atoms with Crippen LogP contribution in [0.5, 0.6) is 5.75 Å². The summed E-state index contributed by atoms with van der Waals surface area (Å²) in [6.07, 6.45) is 4.14. The van der Waals surface area contributed by atoms with Crippen LogP contribution < -0.4 is 4.74 Å². The molecule has 0 spiro atoms. The summed E-state index contributed by atoms with van der Waals surface area (Å²) in [7, 11) is -1.87. The molecule has 0 aromatic heterocycles. The number of nitrogens with zero attached hydrogens (tertiary/aromatic N) is 1. The van der Waals surface area contributed by atoms with Gasteiger partial charge in [0.1, 0.15) is 5.75 Å². The van der Waals surface area contributed by atoms with Crippen molar-refractivity contribution in [3.8, 4) is 5.75 Å². The number of benzene rings is 2. The lowest BCUT2D eigenvalue weighted by Crippen LogP contribution is -2.36. The zero-order valence-electron chi connectivity index (χ0n) is 16.1. The average Bonchev–Trinajstić information content (AvgIpc) is 3.09. The molecule has 0 saturated carbocycles. The van der Waals surface area contributed by atoms with Crippen LogP contribution in [0, 0.1) is 12.8 Å². The molecule has 2 aliphatic rings. The normalized spacial score (nSPS) is 25.2. The highest BCUT2D eigenvalue weighted by molar-refractivity contribution is 9.11. The Balaban J connectivity index is 1.74. The van der Waals surface area contributed by atoms with Crippen molar-refractivity contribution in [2.24, 2.45) is 5.92 Å². The second kappa shape index (κ2) is 7.32. The van der Waals surface area contributed by atoms with E-state index in [-0.39, 0.29) is 11.3 Å². The van der Waals surface area contributed by atoms with Crippen LogP contribution in [0.15, 0.2) is 64.0 Å². The van der Waals surface area contributed by atoms with E-state index in [1.165, 1.54) is 0 Å². The molecule has 0 bridgehead atoms. The Morgan fingerprint density at radius 1 is 1.11 bits per heavy atom. The Morgan fingerprint density at radius 2 is 1.79 bits per heavy atom. The van der Waals surface area contributed by atoms with Gasteiger partial charge in [-0.1, -0.05) is 51.8 Å². The van der Waals surface area contributed by atoms with E-state index in [2.05, 4.69) is 34.1 Å². The topological polar surface area (TPSA) is 46.6 Å². The van der Waals surface area contributed by atoms with Gasteiger partial charge in [-0.25, -0.2) is 8.42 Å². The first-order chi connectivity index (χ1) is 13.3. The van der Waals surface area contributed by atoms with Gasteiger partial charge in [0, 0.05) is 18.5 Å². The van der Waals surface area contributed by atoms with E-state index in [0.29, 0.717) is 18.0 Å². The number of methoxy groups -OCH3 is 1. The molecule has 148 valence electrons. The average molecular weight is 462 g/mol. The minimum absolute atomic E-state index is 0.252. The number of allylic oxidation sites excluding steroid dienone is 1. The first-order valence-electron chi connectivity index (χ1n) is 9.44. The molecule has 1 aliphatic heterocycles. The molecule has 2 aromatic rings. The van der Waals surface area contributed by atoms with Crippen molar-refractivity contribution in [3.63, 3.8) is 0 Å². The molecule has 4 rings (SSSR count). The number of rotatable bonds is 4. The molecular weight excluding hydrogens is 438 g/mol. The second-order valence-corrected chi connectivity index (χ2v) is 10.7. The summed E-state index contributed by atoms with van der Waals surface area (Å²) in [5.41, 5.74) is 1.87. The van der Waals surface area contributed by atoms with Crippen LogP contribution in [0.25, 0.3) is 0 Å². The van der Waals surface area contributed by atoms with Crippen LogP contribution in [-0.2, 0) is 15.4 Å². The summed E-state index contributed by atoms with van der Waals surface area (Å²) in [5, 5.41) is 0. The summed E-state index contributed by atoms with van der Waals surface area (Å²) in [4.78, 5) is 0.365. The third kappa shape index (κ3) is 3.31. The van der Waals surface area contributed by atoms with Crippen LogP contribution >= 0.6 is 15.9 Å². The van der Waals surface area contributed by atoms with Crippen molar-refractivity contribution < 1.29 is 13.2 Å². The minimum Gasteiger partial charge on any atom is -0.497 e. The van der Waals surface area contributed by atoms with Crippen molar-refractivity contribution >= 4 is 26.0 Å². The van der Waals surface area contributed by atoms with E-state index in [4.69, 9.17) is 4.74 Å². The van der Waals surface area contributed by atoms with Crippen LogP contribution in [-0.4, -0.2) is 32.9 Å². The third-order valence-electron chi connectivity index (χ3n) is 6.02. The fourth-order valence-corrected chi connectivity index (χ4v) is 6.60. The molecule has 4 nitrogen and oxygen atoms in total. The molecule has 2 unspecified atom stereocenters. The van der Waals surface area contributed by atoms with Crippen molar-refractivity contribution in [2.75, 3.05) is 20.2 Å². The number of hydrogen-bond donors (Lipinski definition) is 0. The van der Waals surface area contributed by atoms with Crippen molar-refractivity contribution in [1.82, 2.24) is 4.31 Å². The summed E-state index contributed by atoms with van der Waals surface area (Å²) >= 11 is 3.68. The second-order valence-electron chi connectivity index (χ2n) is 7.71. The predicted molar refractivity (Wildman–Crippen MR) is 114 cm³/mol. The lowest BCUT2D eigenvalue weighted by atomic mass is 9.68. The van der Waals surface area contributed by atoms with Crippen LogP contribution in [0.3, 0.4) is 0 Å². The molecule has 1 heterocycles. The van der Waals surface area contributed by atoms with Crippen molar-refractivity contribution in [2.45, 2.75) is 30.1 Å². The maximum absolute atomic E-state index is 13.3. The predicted octanol–water partition coefficient (Wildman–Crippen LogP) is 4.63. The van der Waals surface area contributed by atoms with E-state index in [1.807, 2.05) is 31.2 Å². The minimum atomic E-state index is -3.53. The first-order valence-corrected chi connectivity index (χ1v) is 11.7. The number of fused-ring (bicyclic) bond motifs is 1. The largest absolute Gasteiger partial charge is 0.497 e.